The number of rotatable bonds is 7. The Morgan fingerprint density at radius 1 is 1.25 bits per heavy atom. The molecule has 2 aromatic rings. The van der Waals surface area contributed by atoms with Crippen LogP contribution in [0.15, 0.2) is 53.4 Å². The molecule has 0 aliphatic rings. The van der Waals surface area contributed by atoms with E-state index in [-0.39, 0.29) is 18.1 Å². The Morgan fingerprint density at radius 2 is 1.96 bits per heavy atom. The zero-order valence-corrected chi connectivity index (χ0v) is 14.4. The normalized spacial score (nSPS) is 10.6. The number of nitro benzene ring substituents is 1. The predicted octanol–water partition coefficient (Wildman–Crippen LogP) is 3.39. The Bertz CT molecular complexity index is 719. The fraction of sp³-hybridized carbons (Fsp3) is 0.235. The first-order valence-corrected chi connectivity index (χ1v) is 8.56. The van der Waals surface area contributed by atoms with Crippen molar-refractivity contribution in [2.45, 2.75) is 11.4 Å². The number of thioether (sulfide) groups is 1. The van der Waals surface area contributed by atoms with E-state index in [1.165, 1.54) is 17.0 Å². The van der Waals surface area contributed by atoms with Crippen molar-refractivity contribution in [3.8, 4) is 0 Å². The number of non-ortho nitro benzene ring substituents is 1. The van der Waals surface area contributed by atoms with Crippen molar-refractivity contribution in [3.05, 3.63) is 64.2 Å². The quantitative estimate of drug-likeness (QED) is 0.473. The highest BCUT2D eigenvalue weighted by atomic mass is 32.2. The Balaban J connectivity index is 1.89. The number of nitrogens with one attached hydrogen (secondary N) is 1. The molecule has 24 heavy (non-hydrogen) atoms. The van der Waals surface area contributed by atoms with Crippen molar-refractivity contribution in [2.24, 2.45) is 0 Å². The van der Waals surface area contributed by atoms with E-state index in [2.05, 4.69) is 17.4 Å². The summed E-state index contributed by atoms with van der Waals surface area (Å²) in [7, 11) is 1.86. The first-order chi connectivity index (χ1) is 11.5. The number of likely N-dealkylation sites (N-methyl/N-ethyl adjacent to an activating group) is 1. The highest BCUT2D eigenvalue weighted by Crippen LogP contribution is 2.17. The second kappa shape index (κ2) is 8.47. The minimum absolute atomic E-state index is 0.0463. The topological polar surface area (TPSA) is 75.5 Å². The van der Waals surface area contributed by atoms with E-state index in [1.807, 2.05) is 30.3 Å². The third kappa shape index (κ3) is 5.36. The molecule has 0 aliphatic heterocycles. The smallest absolute Gasteiger partial charge is 0.271 e. The molecule has 0 aliphatic carbocycles. The summed E-state index contributed by atoms with van der Waals surface area (Å²) in [6.07, 6.45) is 2.03. The van der Waals surface area contributed by atoms with E-state index in [0.717, 1.165) is 5.56 Å². The molecule has 0 saturated heterocycles. The van der Waals surface area contributed by atoms with Crippen LogP contribution in [0.4, 0.5) is 11.4 Å². The van der Waals surface area contributed by atoms with Gasteiger partial charge in [0.05, 0.1) is 11.5 Å². The molecule has 1 N–H and O–H groups in total. The molecule has 2 rings (SSSR count). The number of nitro groups is 1. The van der Waals surface area contributed by atoms with Gasteiger partial charge in [0.2, 0.25) is 5.91 Å². The Hall–Kier alpha value is -2.38. The molecule has 0 fully saturated rings. The summed E-state index contributed by atoms with van der Waals surface area (Å²) in [6, 6.07) is 14.1. The molecule has 0 atom stereocenters. The monoisotopic (exact) mass is 345 g/mol. The number of amides is 1. The van der Waals surface area contributed by atoms with Gasteiger partial charge in [-0.25, -0.2) is 0 Å². The second-order valence-electron chi connectivity index (χ2n) is 5.38. The van der Waals surface area contributed by atoms with Crippen LogP contribution in [-0.4, -0.2) is 35.6 Å². The van der Waals surface area contributed by atoms with Gasteiger partial charge >= 0.3 is 0 Å². The van der Waals surface area contributed by atoms with Gasteiger partial charge in [0.25, 0.3) is 5.69 Å². The van der Waals surface area contributed by atoms with Crippen LogP contribution in [0.1, 0.15) is 5.56 Å². The fourth-order valence-electron chi connectivity index (χ4n) is 2.24. The highest BCUT2D eigenvalue weighted by molar-refractivity contribution is 7.98. The molecule has 0 heterocycles. The summed E-state index contributed by atoms with van der Waals surface area (Å²) in [5, 5.41) is 13.4. The SMILES string of the molecule is CSc1ccc(CN(C)CC(=O)Nc2cccc([N+](=O)[O-])c2)cc1. The third-order valence-electron chi connectivity index (χ3n) is 3.37. The van der Waals surface area contributed by atoms with Gasteiger partial charge in [0, 0.05) is 29.3 Å². The van der Waals surface area contributed by atoms with E-state index in [1.54, 1.807) is 23.9 Å². The summed E-state index contributed by atoms with van der Waals surface area (Å²) in [4.78, 5) is 25.4. The lowest BCUT2D eigenvalue weighted by Crippen LogP contribution is -2.29. The summed E-state index contributed by atoms with van der Waals surface area (Å²) >= 11 is 1.69. The first-order valence-electron chi connectivity index (χ1n) is 7.33. The standard InChI is InChI=1S/C17H19N3O3S/c1-19(11-13-6-8-16(24-2)9-7-13)12-17(21)18-14-4-3-5-15(10-14)20(22)23/h3-10H,11-12H2,1-2H3,(H,18,21). The van der Waals surface area contributed by atoms with Crippen LogP contribution in [0.25, 0.3) is 0 Å². The van der Waals surface area contributed by atoms with Crippen LogP contribution in [0, 0.1) is 10.1 Å². The largest absolute Gasteiger partial charge is 0.325 e. The van der Waals surface area contributed by atoms with Crippen molar-refractivity contribution in [1.29, 1.82) is 0 Å². The zero-order chi connectivity index (χ0) is 17.5. The van der Waals surface area contributed by atoms with Crippen LogP contribution in [0.2, 0.25) is 0 Å². The Kier molecular flexibility index (Phi) is 6.34. The maximum Gasteiger partial charge on any atom is 0.271 e. The lowest BCUT2D eigenvalue weighted by Gasteiger charge is -2.16. The van der Waals surface area contributed by atoms with Gasteiger partial charge in [-0.05, 0) is 37.1 Å². The van der Waals surface area contributed by atoms with Crippen molar-refractivity contribution in [3.63, 3.8) is 0 Å². The third-order valence-corrected chi connectivity index (χ3v) is 4.11. The lowest BCUT2D eigenvalue weighted by atomic mass is 10.2. The number of nitrogens with zero attached hydrogens (tertiary/aromatic N) is 2. The minimum atomic E-state index is -0.486. The van der Waals surface area contributed by atoms with Crippen LogP contribution in [-0.2, 0) is 11.3 Å². The van der Waals surface area contributed by atoms with Gasteiger partial charge in [-0.15, -0.1) is 11.8 Å². The Labute approximate surface area is 145 Å². The molecular weight excluding hydrogens is 326 g/mol. The summed E-state index contributed by atoms with van der Waals surface area (Å²) in [5.41, 5.74) is 1.50. The zero-order valence-electron chi connectivity index (χ0n) is 13.6. The molecule has 0 unspecified atom stereocenters. The summed E-state index contributed by atoms with van der Waals surface area (Å²) in [5.74, 6) is -0.210. The van der Waals surface area contributed by atoms with Crippen molar-refractivity contribution < 1.29 is 9.72 Å². The maximum atomic E-state index is 12.1. The molecule has 0 bridgehead atoms. The van der Waals surface area contributed by atoms with Crippen LogP contribution < -0.4 is 5.32 Å². The molecular formula is C17H19N3O3S. The van der Waals surface area contributed by atoms with Gasteiger partial charge in [-0.1, -0.05) is 18.2 Å². The first kappa shape index (κ1) is 18.0. The number of hydrogen-bond donors (Lipinski definition) is 1. The molecule has 0 saturated carbocycles. The van der Waals surface area contributed by atoms with Gasteiger partial charge in [-0.3, -0.25) is 19.8 Å². The number of carbonyl (C=O) groups excluding carboxylic acids is 1. The van der Waals surface area contributed by atoms with Gasteiger partial charge in [-0.2, -0.15) is 0 Å². The van der Waals surface area contributed by atoms with Gasteiger partial charge in [0.15, 0.2) is 0 Å². The van der Waals surface area contributed by atoms with Crippen molar-refractivity contribution in [1.82, 2.24) is 4.90 Å². The highest BCUT2D eigenvalue weighted by Gasteiger charge is 2.10. The van der Waals surface area contributed by atoms with Crippen LogP contribution in [0.3, 0.4) is 0 Å². The Morgan fingerprint density at radius 3 is 2.58 bits per heavy atom. The van der Waals surface area contributed by atoms with Gasteiger partial charge < -0.3 is 5.32 Å². The lowest BCUT2D eigenvalue weighted by molar-refractivity contribution is -0.384. The predicted molar refractivity (Wildman–Crippen MR) is 96.3 cm³/mol. The number of anilines is 1. The average molecular weight is 345 g/mol. The molecule has 0 spiro atoms. The summed E-state index contributed by atoms with van der Waals surface area (Å²) in [6.45, 7) is 0.851. The van der Waals surface area contributed by atoms with Crippen molar-refractivity contribution >= 4 is 29.0 Å². The van der Waals surface area contributed by atoms with E-state index < -0.39 is 4.92 Å². The molecule has 6 nitrogen and oxygen atoms in total. The average Bonchev–Trinajstić information content (AvgIpc) is 2.55. The molecule has 126 valence electrons. The molecule has 0 aromatic heterocycles. The number of carbonyl (C=O) groups is 1. The molecule has 0 radical (unpaired) electrons. The van der Waals surface area contributed by atoms with E-state index in [0.29, 0.717) is 12.2 Å². The minimum Gasteiger partial charge on any atom is -0.325 e. The summed E-state index contributed by atoms with van der Waals surface area (Å²) < 4.78 is 0. The molecule has 7 heteroatoms. The molecule has 2 aromatic carbocycles. The van der Waals surface area contributed by atoms with Crippen molar-refractivity contribution in [2.75, 3.05) is 25.2 Å². The van der Waals surface area contributed by atoms with Gasteiger partial charge in [0.1, 0.15) is 0 Å². The van der Waals surface area contributed by atoms with Crippen LogP contribution >= 0.6 is 11.8 Å². The molecule has 1 amide bonds. The number of hydrogen-bond acceptors (Lipinski definition) is 5. The van der Waals surface area contributed by atoms with E-state index in [9.17, 15) is 14.9 Å². The van der Waals surface area contributed by atoms with E-state index in [4.69, 9.17) is 0 Å². The second-order valence-corrected chi connectivity index (χ2v) is 6.26. The number of benzene rings is 2. The maximum absolute atomic E-state index is 12.1. The fourth-order valence-corrected chi connectivity index (χ4v) is 2.65. The van der Waals surface area contributed by atoms with E-state index >= 15 is 0 Å². The van der Waals surface area contributed by atoms with Crippen LogP contribution in [0.5, 0.6) is 0 Å².